The molecule has 0 radical (unpaired) electrons. The fraction of sp³-hybridized carbons (Fsp3) is 0.200. The van der Waals surface area contributed by atoms with Crippen LogP contribution in [0.25, 0.3) is 10.9 Å². The van der Waals surface area contributed by atoms with E-state index in [1.54, 1.807) is 31.2 Å². The van der Waals surface area contributed by atoms with Crippen molar-refractivity contribution < 1.29 is 19.1 Å². The number of rotatable bonds is 4. The number of hydrogen-bond acceptors (Lipinski definition) is 5. The van der Waals surface area contributed by atoms with Crippen LogP contribution in [0.5, 0.6) is 0 Å². The second kappa shape index (κ2) is 7.55. The van der Waals surface area contributed by atoms with E-state index in [4.69, 9.17) is 16.3 Å². The molecule has 1 heterocycles. The molecule has 2 N–H and O–H groups in total. The number of nitrogens with one attached hydrogen (secondary N) is 2. The van der Waals surface area contributed by atoms with Crippen LogP contribution >= 0.6 is 11.6 Å². The summed E-state index contributed by atoms with van der Waals surface area (Å²) in [6.07, 6.45) is 0. The minimum Gasteiger partial charge on any atom is -0.452 e. The number of aromatic nitrogens is 1. The molecule has 120 valence electrons. The van der Waals surface area contributed by atoms with Crippen LogP contribution in [0.15, 0.2) is 30.3 Å². The Morgan fingerprint density at radius 3 is 2.74 bits per heavy atom. The highest BCUT2D eigenvalue weighted by molar-refractivity contribution is 6.29. The van der Waals surface area contributed by atoms with Crippen LogP contribution in [0.4, 0.5) is 4.79 Å². The number of imide groups is 1. The zero-order chi connectivity index (χ0) is 16.8. The molecular weight excluding hydrogens is 322 g/mol. The normalized spacial score (nSPS) is 10.2. The van der Waals surface area contributed by atoms with Gasteiger partial charge in [0.05, 0.1) is 11.1 Å². The summed E-state index contributed by atoms with van der Waals surface area (Å²) in [5.41, 5.74) is 0.912. The zero-order valence-corrected chi connectivity index (χ0v) is 13.0. The Bertz CT molecular complexity index is 763. The molecule has 0 aliphatic rings. The van der Waals surface area contributed by atoms with E-state index >= 15 is 0 Å². The van der Waals surface area contributed by atoms with Crippen molar-refractivity contribution in [3.63, 3.8) is 0 Å². The maximum Gasteiger partial charge on any atom is 0.338 e. The fourth-order valence-corrected chi connectivity index (χ4v) is 1.96. The summed E-state index contributed by atoms with van der Waals surface area (Å²) in [6, 6.07) is 7.44. The van der Waals surface area contributed by atoms with Crippen molar-refractivity contribution in [3.8, 4) is 0 Å². The minimum atomic E-state index is -0.710. The van der Waals surface area contributed by atoms with E-state index in [0.717, 1.165) is 5.39 Å². The lowest BCUT2D eigenvalue weighted by Gasteiger charge is -2.07. The van der Waals surface area contributed by atoms with E-state index in [0.29, 0.717) is 17.2 Å². The summed E-state index contributed by atoms with van der Waals surface area (Å²) in [7, 11) is 0. The first-order chi connectivity index (χ1) is 11.0. The first kappa shape index (κ1) is 16.7. The van der Waals surface area contributed by atoms with Gasteiger partial charge in [-0.25, -0.2) is 14.6 Å². The lowest BCUT2D eigenvalue weighted by molar-refractivity contribution is -0.123. The number of ether oxygens (including phenoxy) is 1. The second-order valence-corrected chi connectivity index (χ2v) is 4.91. The predicted octanol–water partition coefficient (Wildman–Crippen LogP) is 1.89. The van der Waals surface area contributed by atoms with Crippen LogP contribution in [-0.4, -0.2) is 36.0 Å². The van der Waals surface area contributed by atoms with Crippen LogP contribution < -0.4 is 10.6 Å². The largest absolute Gasteiger partial charge is 0.452 e. The van der Waals surface area contributed by atoms with Crippen LogP contribution in [0.1, 0.15) is 17.3 Å². The highest BCUT2D eigenvalue weighted by atomic mass is 35.5. The van der Waals surface area contributed by atoms with Crippen LogP contribution in [0.3, 0.4) is 0 Å². The third-order valence-corrected chi connectivity index (χ3v) is 3.03. The van der Waals surface area contributed by atoms with Gasteiger partial charge in [-0.05, 0) is 37.3 Å². The maximum absolute atomic E-state index is 11.9. The SMILES string of the molecule is CCNC(=O)NC(=O)COC(=O)c1ccc2nc(Cl)ccc2c1. The minimum absolute atomic E-state index is 0.271. The van der Waals surface area contributed by atoms with Crippen molar-refractivity contribution in [1.82, 2.24) is 15.6 Å². The first-order valence-electron chi connectivity index (χ1n) is 6.80. The molecule has 0 bridgehead atoms. The van der Waals surface area contributed by atoms with Crippen LogP contribution in [0.2, 0.25) is 5.15 Å². The molecule has 0 spiro atoms. The van der Waals surface area contributed by atoms with Crippen molar-refractivity contribution in [2.75, 3.05) is 13.2 Å². The molecule has 0 saturated heterocycles. The monoisotopic (exact) mass is 335 g/mol. The number of nitrogens with zero attached hydrogens (tertiary/aromatic N) is 1. The molecule has 1 aromatic heterocycles. The van der Waals surface area contributed by atoms with Crippen molar-refractivity contribution in [2.24, 2.45) is 0 Å². The van der Waals surface area contributed by atoms with Gasteiger partial charge in [0.15, 0.2) is 6.61 Å². The van der Waals surface area contributed by atoms with Crippen LogP contribution in [-0.2, 0) is 9.53 Å². The molecule has 3 amide bonds. The number of carbonyl (C=O) groups excluding carboxylic acids is 3. The smallest absolute Gasteiger partial charge is 0.338 e. The van der Waals surface area contributed by atoms with Gasteiger partial charge in [0, 0.05) is 11.9 Å². The molecule has 2 rings (SSSR count). The Morgan fingerprint density at radius 1 is 1.22 bits per heavy atom. The number of pyridine rings is 1. The van der Waals surface area contributed by atoms with Gasteiger partial charge in [-0.2, -0.15) is 0 Å². The number of benzene rings is 1. The van der Waals surface area contributed by atoms with E-state index in [1.807, 2.05) is 5.32 Å². The van der Waals surface area contributed by atoms with Gasteiger partial charge in [-0.15, -0.1) is 0 Å². The highest BCUT2D eigenvalue weighted by Gasteiger charge is 2.12. The number of fused-ring (bicyclic) bond motifs is 1. The molecule has 0 unspecified atom stereocenters. The van der Waals surface area contributed by atoms with Gasteiger partial charge < -0.3 is 10.1 Å². The average Bonchev–Trinajstić information content (AvgIpc) is 2.52. The molecule has 0 aliphatic heterocycles. The summed E-state index contributed by atoms with van der Waals surface area (Å²) < 4.78 is 4.86. The van der Waals surface area contributed by atoms with Crippen molar-refractivity contribution in [1.29, 1.82) is 0 Å². The first-order valence-corrected chi connectivity index (χ1v) is 7.18. The molecule has 7 nitrogen and oxygen atoms in total. The van der Waals surface area contributed by atoms with Crippen molar-refractivity contribution in [3.05, 3.63) is 41.0 Å². The Labute approximate surface area is 137 Å². The van der Waals surface area contributed by atoms with Gasteiger partial charge in [-0.1, -0.05) is 11.6 Å². The van der Waals surface area contributed by atoms with E-state index in [2.05, 4.69) is 10.3 Å². The quantitative estimate of drug-likeness (QED) is 0.657. The van der Waals surface area contributed by atoms with Gasteiger partial charge in [0.25, 0.3) is 5.91 Å². The summed E-state index contributed by atoms with van der Waals surface area (Å²) in [5, 5.41) is 5.50. The number of halogens is 1. The summed E-state index contributed by atoms with van der Waals surface area (Å²) in [6.45, 7) is 1.55. The average molecular weight is 336 g/mol. The molecule has 1 aromatic carbocycles. The maximum atomic E-state index is 11.9. The van der Waals surface area contributed by atoms with Crippen molar-refractivity contribution >= 4 is 40.4 Å². The van der Waals surface area contributed by atoms with Gasteiger partial charge in [0.1, 0.15) is 5.15 Å². The third kappa shape index (κ3) is 4.65. The molecule has 0 aliphatic carbocycles. The molecule has 0 fully saturated rings. The molecule has 0 saturated carbocycles. The Balaban J connectivity index is 1.97. The predicted molar refractivity (Wildman–Crippen MR) is 84.3 cm³/mol. The van der Waals surface area contributed by atoms with E-state index < -0.39 is 24.5 Å². The van der Waals surface area contributed by atoms with Gasteiger partial charge >= 0.3 is 12.0 Å². The lowest BCUT2D eigenvalue weighted by atomic mass is 10.1. The molecule has 23 heavy (non-hydrogen) atoms. The number of carbonyl (C=O) groups is 3. The molecule has 8 heteroatoms. The van der Waals surface area contributed by atoms with Gasteiger partial charge in [-0.3, -0.25) is 10.1 Å². The Kier molecular flexibility index (Phi) is 5.48. The lowest BCUT2D eigenvalue weighted by Crippen LogP contribution is -2.41. The number of hydrogen-bond donors (Lipinski definition) is 2. The standard InChI is InChI=1S/C15H14ClN3O4/c1-2-17-15(22)19-13(20)8-23-14(21)10-3-5-11-9(7-10)4-6-12(16)18-11/h3-7H,2,8H2,1H3,(H2,17,19,20,22). The highest BCUT2D eigenvalue weighted by Crippen LogP contribution is 2.17. The molecule has 2 aromatic rings. The van der Waals surface area contributed by atoms with Gasteiger partial charge in [0.2, 0.25) is 0 Å². The second-order valence-electron chi connectivity index (χ2n) is 4.53. The summed E-state index contributed by atoms with van der Waals surface area (Å²) >= 11 is 5.79. The van der Waals surface area contributed by atoms with E-state index in [1.165, 1.54) is 6.07 Å². The van der Waals surface area contributed by atoms with E-state index in [-0.39, 0.29) is 5.56 Å². The summed E-state index contributed by atoms with van der Waals surface area (Å²) in [5.74, 6) is -1.38. The third-order valence-electron chi connectivity index (χ3n) is 2.82. The molecule has 0 atom stereocenters. The zero-order valence-electron chi connectivity index (χ0n) is 12.3. The topological polar surface area (TPSA) is 97.4 Å². The van der Waals surface area contributed by atoms with E-state index in [9.17, 15) is 14.4 Å². The number of esters is 1. The fourth-order valence-electron chi connectivity index (χ4n) is 1.81. The van der Waals surface area contributed by atoms with Crippen LogP contribution in [0, 0.1) is 0 Å². The van der Waals surface area contributed by atoms with Crippen molar-refractivity contribution in [2.45, 2.75) is 6.92 Å². The summed E-state index contributed by atoms with van der Waals surface area (Å²) in [4.78, 5) is 38.6. The Morgan fingerprint density at radius 2 is 2.00 bits per heavy atom. The molecular formula is C15H14ClN3O4. The number of urea groups is 1. The number of amides is 3. The Hall–Kier alpha value is -2.67.